The monoisotopic (exact) mass is 264 g/mol. The first-order valence-electron chi connectivity index (χ1n) is 6.21. The van der Waals surface area contributed by atoms with Gasteiger partial charge in [-0.2, -0.15) is 0 Å². The minimum absolute atomic E-state index is 0.0422. The Kier molecular flexibility index (Phi) is 5.78. The fraction of sp³-hybridized carbons (Fsp3) is 0.429. The average Bonchev–Trinajstić information content (AvgIpc) is 2.38. The maximum absolute atomic E-state index is 12.1. The zero-order valence-electron chi connectivity index (χ0n) is 11.0. The normalized spacial score (nSPS) is 10.1. The molecule has 0 bridgehead atoms. The van der Waals surface area contributed by atoms with E-state index < -0.39 is 0 Å². The second-order valence-electron chi connectivity index (χ2n) is 4.38. The number of unbranched alkanes of at least 4 members (excludes halogenated alkanes) is 2. The molecule has 0 atom stereocenters. The highest BCUT2D eigenvalue weighted by Crippen LogP contribution is 2.08. The van der Waals surface area contributed by atoms with Gasteiger partial charge >= 0.3 is 0 Å². The van der Waals surface area contributed by atoms with E-state index in [4.69, 9.17) is 18.0 Å². The van der Waals surface area contributed by atoms with Crippen LogP contribution in [0.1, 0.15) is 42.1 Å². The molecule has 2 N–H and O–H groups in total. The Morgan fingerprint density at radius 1 is 1.22 bits per heavy atom. The van der Waals surface area contributed by atoms with Crippen LogP contribution in [-0.2, 0) is 0 Å². The fourth-order valence-electron chi connectivity index (χ4n) is 1.70. The minimum Gasteiger partial charge on any atom is -0.389 e. The van der Waals surface area contributed by atoms with Crippen LogP contribution in [0.25, 0.3) is 0 Å². The first-order chi connectivity index (χ1) is 8.56. The number of carbonyl (C=O) groups excluding carboxylic acids is 1. The molecule has 1 rings (SSSR count). The molecule has 0 fully saturated rings. The maximum Gasteiger partial charge on any atom is 0.253 e. The van der Waals surface area contributed by atoms with Gasteiger partial charge in [-0.15, -0.1) is 0 Å². The number of hydrogen-bond donors (Lipinski definition) is 1. The third-order valence-corrected chi connectivity index (χ3v) is 3.10. The summed E-state index contributed by atoms with van der Waals surface area (Å²) in [5.41, 5.74) is 6.98. The molecule has 3 nitrogen and oxygen atoms in total. The van der Waals surface area contributed by atoms with Crippen LogP contribution in [0.3, 0.4) is 0 Å². The van der Waals surface area contributed by atoms with Crippen molar-refractivity contribution in [2.75, 3.05) is 13.6 Å². The van der Waals surface area contributed by atoms with E-state index in [9.17, 15) is 4.79 Å². The molecular weight excluding hydrogens is 244 g/mol. The minimum atomic E-state index is 0.0422. The van der Waals surface area contributed by atoms with Crippen LogP contribution in [0.15, 0.2) is 24.3 Å². The summed E-state index contributed by atoms with van der Waals surface area (Å²) < 4.78 is 0. The number of carbonyl (C=O) groups is 1. The van der Waals surface area contributed by atoms with Crippen molar-refractivity contribution in [3.8, 4) is 0 Å². The van der Waals surface area contributed by atoms with Crippen molar-refractivity contribution in [1.29, 1.82) is 0 Å². The van der Waals surface area contributed by atoms with Crippen molar-refractivity contribution in [3.05, 3.63) is 35.4 Å². The highest BCUT2D eigenvalue weighted by molar-refractivity contribution is 7.80. The van der Waals surface area contributed by atoms with E-state index in [1.54, 1.807) is 29.2 Å². The van der Waals surface area contributed by atoms with Crippen molar-refractivity contribution < 1.29 is 4.79 Å². The molecule has 0 unspecified atom stereocenters. The largest absolute Gasteiger partial charge is 0.389 e. The Morgan fingerprint density at radius 2 is 1.78 bits per heavy atom. The molecule has 18 heavy (non-hydrogen) atoms. The highest BCUT2D eigenvalue weighted by Gasteiger charge is 2.11. The van der Waals surface area contributed by atoms with Gasteiger partial charge in [0.15, 0.2) is 0 Å². The third kappa shape index (κ3) is 4.11. The van der Waals surface area contributed by atoms with E-state index in [0.29, 0.717) is 10.6 Å². The zero-order valence-corrected chi connectivity index (χ0v) is 11.8. The Hall–Kier alpha value is -1.42. The van der Waals surface area contributed by atoms with Gasteiger partial charge in [0.1, 0.15) is 4.99 Å². The Labute approximate surface area is 114 Å². The lowest BCUT2D eigenvalue weighted by Crippen LogP contribution is -2.27. The lowest BCUT2D eigenvalue weighted by Gasteiger charge is -2.17. The van der Waals surface area contributed by atoms with Gasteiger partial charge in [-0.25, -0.2) is 0 Å². The lowest BCUT2D eigenvalue weighted by molar-refractivity contribution is 0.0792. The molecule has 1 aromatic carbocycles. The summed E-state index contributed by atoms with van der Waals surface area (Å²) in [4.78, 5) is 14.2. The average molecular weight is 264 g/mol. The molecule has 0 radical (unpaired) electrons. The van der Waals surface area contributed by atoms with Crippen LogP contribution in [-0.4, -0.2) is 29.4 Å². The Morgan fingerprint density at radius 3 is 2.28 bits per heavy atom. The van der Waals surface area contributed by atoms with Crippen LogP contribution in [0.4, 0.5) is 0 Å². The van der Waals surface area contributed by atoms with Crippen molar-refractivity contribution in [3.63, 3.8) is 0 Å². The molecule has 0 spiro atoms. The molecule has 1 aromatic rings. The highest BCUT2D eigenvalue weighted by atomic mass is 32.1. The number of nitrogens with two attached hydrogens (primary N) is 1. The molecule has 0 aliphatic carbocycles. The van der Waals surface area contributed by atoms with Gasteiger partial charge in [-0.3, -0.25) is 4.79 Å². The molecule has 4 heteroatoms. The van der Waals surface area contributed by atoms with Crippen LogP contribution in [0, 0.1) is 0 Å². The van der Waals surface area contributed by atoms with Gasteiger partial charge in [-0.1, -0.05) is 44.1 Å². The molecule has 0 saturated heterocycles. The molecule has 0 saturated carbocycles. The molecule has 0 aliphatic rings. The van der Waals surface area contributed by atoms with Crippen LogP contribution in [0.2, 0.25) is 0 Å². The first kappa shape index (κ1) is 14.6. The predicted octanol–water partition coefficient (Wildman–Crippen LogP) is 2.58. The van der Waals surface area contributed by atoms with Gasteiger partial charge in [-0.05, 0) is 18.6 Å². The Bertz CT molecular complexity index is 414. The predicted molar refractivity (Wildman–Crippen MR) is 78.8 cm³/mol. The molecule has 0 aromatic heterocycles. The van der Waals surface area contributed by atoms with E-state index in [-0.39, 0.29) is 5.91 Å². The quantitative estimate of drug-likeness (QED) is 0.634. The number of rotatable bonds is 6. The number of hydrogen-bond acceptors (Lipinski definition) is 2. The van der Waals surface area contributed by atoms with Gasteiger partial charge in [0.05, 0.1) is 0 Å². The molecule has 0 aliphatic heterocycles. The third-order valence-electron chi connectivity index (χ3n) is 2.86. The van der Waals surface area contributed by atoms with E-state index in [1.165, 1.54) is 0 Å². The summed E-state index contributed by atoms with van der Waals surface area (Å²) in [5, 5.41) is 0. The van der Waals surface area contributed by atoms with Gasteiger partial charge in [0.25, 0.3) is 5.91 Å². The fourth-order valence-corrected chi connectivity index (χ4v) is 1.83. The number of amides is 1. The topological polar surface area (TPSA) is 46.3 Å². The van der Waals surface area contributed by atoms with Gasteiger partial charge in [0, 0.05) is 24.7 Å². The van der Waals surface area contributed by atoms with Crippen LogP contribution < -0.4 is 5.73 Å². The molecule has 0 heterocycles. The van der Waals surface area contributed by atoms with Crippen LogP contribution >= 0.6 is 12.2 Å². The number of thiocarbonyl (C=S) groups is 1. The summed E-state index contributed by atoms with van der Waals surface area (Å²) in [6, 6.07) is 7.12. The van der Waals surface area contributed by atoms with Crippen LogP contribution in [0.5, 0.6) is 0 Å². The molecule has 1 amide bonds. The summed E-state index contributed by atoms with van der Waals surface area (Å²) >= 11 is 4.88. The van der Waals surface area contributed by atoms with Gasteiger partial charge in [0.2, 0.25) is 0 Å². The zero-order chi connectivity index (χ0) is 13.5. The number of benzene rings is 1. The first-order valence-corrected chi connectivity index (χ1v) is 6.62. The Balaban J connectivity index is 2.63. The number of nitrogens with zero attached hydrogens (tertiary/aromatic N) is 1. The second-order valence-corrected chi connectivity index (χ2v) is 4.82. The van der Waals surface area contributed by atoms with Gasteiger partial charge < -0.3 is 10.6 Å². The van der Waals surface area contributed by atoms with Crippen molar-refractivity contribution in [2.24, 2.45) is 5.73 Å². The molecule has 98 valence electrons. The summed E-state index contributed by atoms with van der Waals surface area (Å²) in [6.45, 7) is 2.94. The smallest absolute Gasteiger partial charge is 0.253 e. The van der Waals surface area contributed by atoms with E-state index in [2.05, 4.69) is 6.92 Å². The van der Waals surface area contributed by atoms with Crippen molar-refractivity contribution in [1.82, 2.24) is 4.90 Å². The second kappa shape index (κ2) is 7.11. The van der Waals surface area contributed by atoms with Crippen molar-refractivity contribution >= 4 is 23.1 Å². The maximum atomic E-state index is 12.1. The van der Waals surface area contributed by atoms with Crippen molar-refractivity contribution in [2.45, 2.75) is 26.2 Å². The summed E-state index contributed by atoms with van der Waals surface area (Å²) in [6.07, 6.45) is 3.35. The molecular formula is C14H20N2OS. The summed E-state index contributed by atoms with van der Waals surface area (Å²) in [7, 11) is 1.83. The van der Waals surface area contributed by atoms with E-state index in [0.717, 1.165) is 31.4 Å². The standard InChI is InChI=1S/C14H20N2OS/c1-3-4-5-10-16(2)14(17)12-8-6-11(7-9-12)13(15)18/h6-9H,3-5,10H2,1-2H3,(H2,15,18). The summed E-state index contributed by atoms with van der Waals surface area (Å²) in [5.74, 6) is 0.0422. The van der Waals surface area contributed by atoms with E-state index in [1.807, 2.05) is 7.05 Å². The SMILES string of the molecule is CCCCCN(C)C(=O)c1ccc(C(N)=S)cc1. The van der Waals surface area contributed by atoms with E-state index >= 15 is 0 Å². The lowest BCUT2D eigenvalue weighted by atomic mass is 10.1.